The van der Waals surface area contributed by atoms with E-state index in [0.29, 0.717) is 12.0 Å². The van der Waals surface area contributed by atoms with Crippen LogP contribution in [0.2, 0.25) is 0 Å². The van der Waals surface area contributed by atoms with Crippen molar-refractivity contribution in [3.63, 3.8) is 0 Å². The van der Waals surface area contributed by atoms with Crippen molar-refractivity contribution in [1.29, 1.82) is 0 Å². The summed E-state index contributed by atoms with van der Waals surface area (Å²) in [5, 5.41) is 3.69. The highest BCUT2D eigenvalue weighted by Crippen LogP contribution is 2.46. The number of fused-ring (bicyclic) bond motifs is 2. The third-order valence-electron chi connectivity index (χ3n) is 7.05. The number of para-hydroxylation sites is 1. The molecule has 2 N–H and O–H groups in total. The molecule has 1 aromatic heterocycles. The van der Waals surface area contributed by atoms with Gasteiger partial charge in [-0.05, 0) is 35.6 Å². The van der Waals surface area contributed by atoms with Crippen molar-refractivity contribution in [3.05, 3.63) is 95.6 Å². The van der Waals surface area contributed by atoms with E-state index in [0.717, 1.165) is 33.3 Å². The minimum atomic E-state index is -0.790. The molecule has 0 saturated carbocycles. The molecule has 1 aliphatic heterocycles. The second-order valence-corrected chi connectivity index (χ2v) is 9.97. The van der Waals surface area contributed by atoms with Crippen LogP contribution in [0.3, 0.4) is 0 Å². The van der Waals surface area contributed by atoms with Gasteiger partial charge in [0.05, 0.1) is 18.8 Å². The van der Waals surface area contributed by atoms with E-state index in [4.69, 9.17) is 4.74 Å². The van der Waals surface area contributed by atoms with Gasteiger partial charge in [0.2, 0.25) is 5.91 Å². The first-order valence-electron chi connectivity index (χ1n) is 12.8. The number of esters is 1. The lowest BCUT2D eigenvalue weighted by Crippen LogP contribution is -2.50. The zero-order valence-electron chi connectivity index (χ0n) is 21.7. The third-order valence-corrected chi connectivity index (χ3v) is 7.05. The highest BCUT2D eigenvalue weighted by atomic mass is 16.5. The Morgan fingerprint density at radius 3 is 2.39 bits per heavy atom. The number of carbonyl (C=O) groups excluding carboxylic acids is 3. The molecule has 194 valence electrons. The Morgan fingerprint density at radius 1 is 0.974 bits per heavy atom. The molecule has 38 heavy (non-hydrogen) atoms. The van der Waals surface area contributed by atoms with Gasteiger partial charge in [-0.1, -0.05) is 80.6 Å². The van der Waals surface area contributed by atoms with E-state index in [9.17, 15) is 14.4 Å². The lowest BCUT2D eigenvalue weighted by Gasteiger charge is -2.34. The fourth-order valence-corrected chi connectivity index (χ4v) is 5.38. The van der Waals surface area contributed by atoms with Gasteiger partial charge in [0.1, 0.15) is 12.6 Å². The molecule has 0 fully saturated rings. The Kier molecular flexibility index (Phi) is 7.01. The first-order chi connectivity index (χ1) is 18.4. The van der Waals surface area contributed by atoms with Crippen molar-refractivity contribution in [2.24, 2.45) is 5.92 Å². The predicted octanol–water partition coefficient (Wildman–Crippen LogP) is 5.08. The summed E-state index contributed by atoms with van der Waals surface area (Å²) in [7, 11) is 1.28. The van der Waals surface area contributed by atoms with Gasteiger partial charge in [0, 0.05) is 22.0 Å². The number of rotatable bonds is 8. The number of nitrogens with one attached hydrogen (secondary N) is 2. The second kappa shape index (κ2) is 10.5. The Bertz CT molecular complexity index is 1490. The summed E-state index contributed by atoms with van der Waals surface area (Å²) in [6.45, 7) is 3.78. The van der Waals surface area contributed by atoms with E-state index in [-0.39, 0.29) is 24.3 Å². The van der Waals surface area contributed by atoms with Crippen LogP contribution >= 0.6 is 0 Å². The van der Waals surface area contributed by atoms with E-state index in [1.807, 2.05) is 92.7 Å². The number of H-pyrrole nitrogens is 1. The molecule has 2 unspecified atom stereocenters. The van der Waals surface area contributed by atoms with Gasteiger partial charge in [-0.25, -0.2) is 0 Å². The molecular formula is C31H31N3O4. The molecule has 2 amide bonds. The number of hydrogen-bond donors (Lipinski definition) is 2. The topological polar surface area (TPSA) is 91.5 Å². The van der Waals surface area contributed by atoms with Gasteiger partial charge in [0.15, 0.2) is 0 Å². The largest absolute Gasteiger partial charge is 0.468 e. The molecule has 4 aromatic rings. The van der Waals surface area contributed by atoms with Crippen LogP contribution in [-0.4, -0.2) is 47.4 Å². The highest BCUT2D eigenvalue weighted by molar-refractivity contribution is 6.04. The molecular weight excluding hydrogens is 478 g/mol. The Morgan fingerprint density at radius 2 is 1.66 bits per heavy atom. The van der Waals surface area contributed by atoms with Crippen molar-refractivity contribution in [1.82, 2.24) is 15.2 Å². The first-order valence-corrected chi connectivity index (χ1v) is 12.8. The third kappa shape index (κ3) is 4.56. The monoisotopic (exact) mass is 509 g/mol. The SMILES string of the molecule is COC(=O)CNC(=O)C(CC(C)C)N1C(=O)c2ccccc2C1c1c(-c2ccccc2)[nH]c2ccccc12. The first kappa shape index (κ1) is 25.3. The smallest absolute Gasteiger partial charge is 0.325 e. The standard InChI is InChI=1S/C31H31N3O4/c1-19(2)17-25(30(36)32-18-26(35)38-3)34-29(21-13-7-8-14-22(21)31(34)37)27-23-15-9-10-16-24(23)33-28(27)20-11-5-4-6-12-20/h4-16,19,25,29,33H,17-18H2,1-3H3,(H,32,36). The van der Waals surface area contributed by atoms with Gasteiger partial charge in [0.25, 0.3) is 5.91 Å². The Balaban J connectivity index is 1.71. The Labute approximate surface area is 221 Å². The lowest BCUT2D eigenvalue weighted by atomic mass is 9.91. The van der Waals surface area contributed by atoms with E-state index in [2.05, 4.69) is 10.3 Å². The summed E-state index contributed by atoms with van der Waals surface area (Å²) < 4.78 is 4.71. The molecule has 1 aliphatic rings. The maximum Gasteiger partial charge on any atom is 0.325 e. The summed E-state index contributed by atoms with van der Waals surface area (Å²) in [5.41, 5.74) is 5.23. The maximum atomic E-state index is 14.1. The van der Waals surface area contributed by atoms with E-state index in [1.165, 1.54) is 7.11 Å². The van der Waals surface area contributed by atoms with E-state index >= 15 is 0 Å². The number of benzene rings is 3. The number of aromatic amines is 1. The summed E-state index contributed by atoms with van der Waals surface area (Å²) in [6, 6.07) is 24.3. The molecule has 0 spiro atoms. The number of hydrogen-bond acceptors (Lipinski definition) is 4. The fraction of sp³-hybridized carbons (Fsp3) is 0.258. The molecule has 0 aliphatic carbocycles. The average molecular weight is 510 g/mol. The summed E-state index contributed by atoms with van der Waals surface area (Å²) in [6.07, 6.45) is 0.437. The number of amides is 2. The van der Waals surface area contributed by atoms with Crippen LogP contribution in [0.5, 0.6) is 0 Å². The van der Waals surface area contributed by atoms with Crippen LogP contribution in [0.1, 0.15) is 47.8 Å². The molecule has 0 radical (unpaired) electrons. The molecule has 3 aromatic carbocycles. The summed E-state index contributed by atoms with van der Waals surface area (Å²) in [4.78, 5) is 44.7. The molecule has 2 atom stereocenters. The highest BCUT2D eigenvalue weighted by Gasteiger charge is 2.45. The quantitative estimate of drug-likeness (QED) is 0.324. The van der Waals surface area contributed by atoms with Gasteiger partial charge in [-0.15, -0.1) is 0 Å². The number of aromatic nitrogens is 1. The second-order valence-electron chi connectivity index (χ2n) is 9.97. The van der Waals surface area contributed by atoms with E-state index in [1.54, 1.807) is 4.90 Å². The van der Waals surface area contributed by atoms with Crippen molar-refractivity contribution in [2.75, 3.05) is 13.7 Å². The molecule has 7 nitrogen and oxygen atoms in total. The summed E-state index contributed by atoms with van der Waals surface area (Å²) in [5.74, 6) is -1.00. The molecule has 0 bridgehead atoms. The van der Waals surface area contributed by atoms with Gasteiger partial charge in [-0.2, -0.15) is 0 Å². The zero-order valence-corrected chi connectivity index (χ0v) is 21.7. The van der Waals surface area contributed by atoms with Crippen molar-refractivity contribution in [3.8, 4) is 11.3 Å². The Hall–Kier alpha value is -4.39. The van der Waals surface area contributed by atoms with Gasteiger partial charge in [-0.3, -0.25) is 14.4 Å². The van der Waals surface area contributed by atoms with Gasteiger partial charge < -0.3 is 19.9 Å². The van der Waals surface area contributed by atoms with Crippen LogP contribution in [0.25, 0.3) is 22.2 Å². The zero-order chi connectivity index (χ0) is 26.8. The minimum Gasteiger partial charge on any atom is -0.468 e. The van der Waals surface area contributed by atoms with Crippen LogP contribution in [0, 0.1) is 5.92 Å². The summed E-state index contributed by atoms with van der Waals surface area (Å²) >= 11 is 0. The van der Waals surface area contributed by atoms with Crippen molar-refractivity contribution in [2.45, 2.75) is 32.4 Å². The van der Waals surface area contributed by atoms with Crippen LogP contribution in [0.15, 0.2) is 78.9 Å². The van der Waals surface area contributed by atoms with E-state index < -0.39 is 18.1 Å². The number of methoxy groups -OCH3 is 1. The van der Waals surface area contributed by atoms with Crippen molar-refractivity contribution < 1.29 is 19.1 Å². The van der Waals surface area contributed by atoms with Crippen LogP contribution in [-0.2, 0) is 14.3 Å². The lowest BCUT2D eigenvalue weighted by molar-refractivity contribution is -0.141. The maximum absolute atomic E-state index is 14.1. The average Bonchev–Trinajstić information content (AvgIpc) is 3.45. The molecule has 7 heteroatoms. The van der Waals surface area contributed by atoms with Crippen LogP contribution in [0.4, 0.5) is 0 Å². The predicted molar refractivity (Wildman–Crippen MR) is 146 cm³/mol. The molecule has 2 heterocycles. The molecule has 0 saturated heterocycles. The number of ether oxygens (including phenoxy) is 1. The van der Waals surface area contributed by atoms with Crippen LogP contribution < -0.4 is 5.32 Å². The number of nitrogens with zero attached hydrogens (tertiary/aromatic N) is 1. The minimum absolute atomic E-state index is 0.123. The van der Waals surface area contributed by atoms with Gasteiger partial charge >= 0.3 is 5.97 Å². The molecule has 5 rings (SSSR count). The number of carbonyl (C=O) groups is 3. The fourth-order valence-electron chi connectivity index (χ4n) is 5.38. The normalized spacial score (nSPS) is 15.5. The van der Waals surface area contributed by atoms with Crippen molar-refractivity contribution >= 4 is 28.7 Å².